The Balaban J connectivity index is 2.57. The van der Waals surface area contributed by atoms with E-state index in [1.54, 1.807) is 0 Å². The quantitative estimate of drug-likeness (QED) is 0.667. The molecule has 0 N–H and O–H groups in total. The topological polar surface area (TPSA) is 12.5 Å². The highest BCUT2D eigenvalue weighted by molar-refractivity contribution is 6.68. The van der Waals surface area contributed by atoms with E-state index in [-0.39, 0.29) is 0 Å². The van der Waals surface area contributed by atoms with Crippen molar-refractivity contribution >= 4 is 8.48 Å². The van der Waals surface area contributed by atoms with Gasteiger partial charge in [-0.1, -0.05) is 13.8 Å². The number of allylic oxidation sites excluding steroid dienone is 2. The van der Waals surface area contributed by atoms with Crippen molar-refractivity contribution in [3.8, 4) is 0 Å². The molecular formula is C12H25NOSi. The molecule has 0 atom stereocenters. The normalized spacial score (nSPS) is 17.8. The summed E-state index contributed by atoms with van der Waals surface area (Å²) >= 11 is 0. The van der Waals surface area contributed by atoms with Crippen LogP contribution in [0, 0.1) is 0 Å². The minimum atomic E-state index is -1.66. The van der Waals surface area contributed by atoms with Crippen LogP contribution in [0.2, 0.25) is 13.1 Å². The van der Waals surface area contributed by atoms with Gasteiger partial charge in [0.05, 0.1) is 5.76 Å². The monoisotopic (exact) mass is 227 g/mol. The molecule has 0 amide bonds. The van der Waals surface area contributed by atoms with Gasteiger partial charge in [0.2, 0.25) is 0 Å². The van der Waals surface area contributed by atoms with Gasteiger partial charge in [-0.3, -0.25) is 4.57 Å². The van der Waals surface area contributed by atoms with Crippen molar-refractivity contribution < 1.29 is 4.43 Å². The van der Waals surface area contributed by atoms with Gasteiger partial charge in [0, 0.05) is 6.42 Å². The second-order valence-corrected chi connectivity index (χ2v) is 8.37. The lowest BCUT2D eigenvalue weighted by Crippen LogP contribution is -2.50. The molecule has 0 radical (unpaired) electrons. The average Bonchev–Trinajstić information content (AvgIpc) is 2.19. The van der Waals surface area contributed by atoms with Crippen LogP contribution in [0.15, 0.2) is 11.8 Å². The Hall–Kier alpha value is -0.283. The van der Waals surface area contributed by atoms with Gasteiger partial charge in [-0.15, -0.1) is 0 Å². The minimum Gasteiger partial charge on any atom is -0.533 e. The molecule has 0 aliphatic heterocycles. The molecule has 0 bridgehead atoms. The second-order valence-electron chi connectivity index (χ2n) is 4.64. The zero-order chi connectivity index (χ0) is 11.3. The Morgan fingerprint density at radius 2 is 1.93 bits per heavy atom. The molecule has 1 rings (SSSR count). The molecule has 0 spiro atoms. The van der Waals surface area contributed by atoms with Crippen LogP contribution in [0.25, 0.3) is 0 Å². The van der Waals surface area contributed by atoms with Crippen molar-refractivity contribution in [1.29, 1.82) is 0 Å². The Morgan fingerprint density at radius 1 is 1.27 bits per heavy atom. The minimum absolute atomic E-state index is 1.10. The number of hydrogen-bond donors (Lipinski definition) is 0. The maximum Gasteiger partial charge on any atom is 0.324 e. The Kier molecular flexibility index (Phi) is 4.86. The Bertz CT molecular complexity index is 222. The molecule has 0 fully saturated rings. The van der Waals surface area contributed by atoms with Crippen molar-refractivity contribution in [2.75, 3.05) is 13.1 Å². The lowest BCUT2D eigenvalue weighted by atomic mass is 10.1. The predicted molar refractivity (Wildman–Crippen MR) is 68.0 cm³/mol. The number of nitrogens with zero attached hydrogens (tertiary/aromatic N) is 1. The van der Waals surface area contributed by atoms with Crippen LogP contribution in [0.1, 0.15) is 39.5 Å². The van der Waals surface area contributed by atoms with E-state index < -0.39 is 8.48 Å². The maximum atomic E-state index is 6.25. The first kappa shape index (κ1) is 12.8. The van der Waals surface area contributed by atoms with Crippen LogP contribution in [0.4, 0.5) is 0 Å². The Morgan fingerprint density at radius 3 is 2.40 bits per heavy atom. The smallest absolute Gasteiger partial charge is 0.324 e. The van der Waals surface area contributed by atoms with E-state index in [9.17, 15) is 0 Å². The molecular weight excluding hydrogens is 202 g/mol. The maximum absolute atomic E-state index is 6.25. The van der Waals surface area contributed by atoms with E-state index in [1.165, 1.54) is 25.0 Å². The third-order valence-electron chi connectivity index (χ3n) is 3.16. The molecule has 2 nitrogen and oxygen atoms in total. The molecule has 0 aromatic heterocycles. The highest BCUT2D eigenvalue weighted by atomic mass is 28.4. The van der Waals surface area contributed by atoms with Gasteiger partial charge < -0.3 is 4.43 Å². The number of hydrogen-bond acceptors (Lipinski definition) is 2. The van der Waals surface area contributed by atoms with E-state index in [2.05, 4.69) is 37.6 Å². The SMILES string of the molecule is CCN(CC)[Si](C)(C)OC1=CCCCC1. The third kappa shape index (κ3) is 3.65. The zero-order valence-electron chi connectivity index (χ0n) is 10.7. The van der Waals surface area contributed by atoms with Gasteiger partial charge >= 0.3 is 8.48 Å². The summed E-state index contributed by atoms with van der Waals surface area (Å²) in [4.78, 5) is 0. The van der Waals surface area contributed by atoms with E-state index >= 15 is 0 Å². The van der Waals surface area contributed by atoms with Crippen LogP contribution in [0.5, 0.6) is 0 Å². The average molecular weight is 227 g/mol. The third-order valence-corrected chi connectivity index (χ3v) is 6.07. The van der Waals surface area contributed by atoms with Gasteiger partial charge in [-0.2, -0.15) is 0 Å². The van der Waals surface area contributed by atoms with Gasteiger partial charge in [0.15, 0.2) is 0 Å². The molecule has 0 aromatic rings. The second kappa shape index (κ2) is 5.71. The van der Waals surface area contributed by atoms with E-state index in [0.717, 1.165) is 19.5 Å². The first-order valence-corrected chi connectivity index (χ1v) is 9.08. The highest BCUT2D eigenvalue weighted by Crippen LogP contribution is 2.23. The van der Waals surface area contributed by atoms with Crippen molar-refractivity contribution in [1.82, 2.24) is 4.57 Å². The van der Waals surface area contributed by atoms with Crippen molar-refractivity contribution in [2.45, 2.75) is 52.6 Å². The molecule has 1 aliphatic carbocycles. The zero-order valence-corrected chi connectivity index (χ0v) is 11.7. The number of rotatable bonds is 5. The predicted octanol–water partition coefficient (Wildman–Crippen LogP) is 3.50. The van der Waals surface area contributed by atoms with Crippen LogP contribution in [0.3, 0.4) is 0 Å². The summed E-state index contributed by atoms with van der Waals surface area (Å²) in [6, 6.07) is 0. The van der Waals surface area contributed by atoms with Crippen molar-refractivity contribution in [3.05, 3.63) is 11.8 Å². The lowest BCUT2D eigenvalue weighted by molar-refractivity contribution is 0.299. The summed E-state index contributed by atoms with van der Waals surface area (Å²) in [5.41, 5.74) is 0. The summed E-state index contributed by atoms with van der Waals surface area (Å²) in [6.07, 6.45) is 7.28. The first-order valence-electron chi connectivity index (χ1n) is 6.23. The summed E-state index contributed by atoms with van der Waals surface area (Å²) < 4.78 is 8.74. The van der Waals surface area contributed by atoms with Crippen molar-refractivity contribution in [3.63, 3.8) is 0 Å². The Labute approximate surface area is 95.5 Å². The summed E-state index contributed by atoms with van der Waals surface area (Å²) in [7, 11) is -1.66. The van der Waals surface area contributed by atoms with Gasteiger partial charge in [0.25, 0.3) is 0 Å². The molecule has 1 aliphatic rings. The molecule has 0 heterocycles. The van der Waals surface area contributed by atoms with Crippen LogP contribution in [-0.2, 0) is 4.43 Å². The van der Waals surface area contributed by atoms with E-state index in [0.29, 0.717) is 0 Å². The largest absolute Gasteiger partial charge is 0.533 e. The van der Waals surface area contributed by atoms with Gasteiger partial charge in [-0.05, 0) is 51.5 Å². The molecule has 15 heavy (non-hydrogen) atoms. The first-order chi connectivity index (χ1) is 7.10. The summed E-state index contributed by atoms with van der Waals surface area (Å²) in [5, 5.41) is 0. The van der Waals surface area contributed by atoms with E-state index in [4.69, 9.17) is 4.43 Å². The molecule has 0 aromatic carbocycles. The lowest BCUT2D eigenvalue weighted by Gasteiger charge is -2.36. The van der Waals surface area contributed by atoms with Crippen LogP contribution >= 0.6 is 0 Å². The van der Waals surface area contributed by atoms with Crippen molar-refractivity contribution in [2.24, 2.45) is 0 Å². The molecule has 0 unspecified atom stereocenters. The van der Waals surface area contributed by atoms with Gasteiger partial charge in [0.1, 0.15) is 0 Å². The summed E-state index contributed by atoms with van der Waals surface area (Å²) in [6.45, 7) is 11.2. The van der Waals surface area contributed by atoms with E-state index in [1.807, 2.05) is 0 Å². The molecule has 88 valence electrons. The standard InChI is InChI=1S/C12H25NOSi/c1-5-13(6-2)15(3,4)14-12-10-8-7-9-11-12/h10H,5-9,11H2,1-4H3. The summed E-state index contributed by atoms with van der Waals surface area (Å²) in [5.74, 6) is 1.25. The van der Waals surface area contributed by atoms with Crippen LogP contribution < -0.4 is 0 Å². The molecule has 3 heteroatoms. The fourth-order valence-electron chi connectivity index (χ4n) is 2.27. The fourth-order valence-corrected chi connectivity index (χ4v) is 4.75. The molecule has 0 saturated carbocycles. The molecule has 0 saturated heterocycles. The fraction of sp³-hybridized carbons (Fsp3) is 0.833. The highest BCUT2D eigenvalue weighted by Gasteiger charge is 2.32. The van der Waals surface area contributed by atoms with Gasteiger partial charge in [-0.25, -0.2) is 0 Å². The van der Waals surface area contributed by atoms with Crippen LogP contribution in [-0.4, -0.2) is 26.1 Å².